The van der Waals surface area contributed by atoms with Gasteiger partial charge in [-0.05, 0) is 41.7 Å². The van der Waals surface area contributed by atoms with Gasteiger partial charge in [0.2, 0.25) is 10.0 Å². The average molecular weight is 600 g/mol. The Balaban J connectivity index is 1.53. The van der Waals surface area contributed by atoms with Crippen LogP contribution in [0, 0.1) is 0 Å². The molecule has 1 aromatic heterocycles. The summed E-state index contributed by atoms with van der Waals surface area (Å²) in [4.78, 5) is 0.556. The van der Waals surface area contributed by atoms with Crippen LogP contribution in [0.5, 0.6) is 5.75 Å². The molecule has 16 heteroatoms. The third-order valence-electron chi connectivity index (χ3n) is 5.98. The van der Waals surface area contributed by atoms with Crippen LogP contribution in [0.25, 0.3) is 16.8 Å². The number of fused-ring (bicyclic) bond motifs is 2. The van der Waals surface area contributed by atoms with E-state index in [2.05, 4.69) is 24.3 Å². The smallest absolute Gasteiger partial charge is 0.271 e. The van der Waals surface area contributed by atoms with Crippen LogP contribution in [0.3, 0.4) is 0 Å². The number of aromatic hydroxyl groups is 1. The summed E-state index contributed by atoms with van der Waals surface area (Å²) in [6.45, 7) is 2.50. The van der Waals surface area contributed by atoms with Crippen LogP contribution in [0.2, 0.25) is 0 Å². The molecule has 2 heterocycles. The van der Waals surface area contributed by atoms with Gasteiger partial charge in [-0.3, -0.25) is 20.1 Å². The summed E-state index contributed by atoms with van der Waals surface area (Å²) < 4.78 is 71.4. The van der Waals surface area contributed by atoms with Crippen LogP contribution in [-0.2, 0) is 31.3 Å². The molecule has 0 radical (unpaired) electrons. The first-order valence-corrected chi connectivity index (χ1v) is 16.4. The van der Waals surface area contributed by atoms with Crippen molar-refractivity contribution in [2.45, 2.75) is 16.6 Å². The van der Waals surface area contributed by atoms with E-state index in [0.29, 0.717) is 63.9 Å². The van der Waals surface area contributed by atoms with Crippen molar-refractivity contribution in [1.82, 2.24) is 8.68 Å². The molecule has 1 fully saturated rings. The van der Waals surface area contributed by atoms with Crippen molar-refractivity contribution in [3.05, 3.63) is 41.6 Å². The fourth-order valence-electron chi connectivity index (χ4n) is 4.22. The van der Waals surface area contributed by atoms with Crippen molar-refractivity contribution in [1.29, 1.82) is 0 Å². The second-order valence-electron chi connectivity index (χ2n) is 8.75. The molecule has 2 aromatic carbocycles. The third kappa shape index (κ3) is 5.85. The Morgan fingerprint density at radius 3 is 2.63 bits per heavy atom. The highest BCUT2D eigenvalue weighted by Gasteiger charge is 2.28. The molecule has 5 rings (SSSR count). The normalized spacial score (nSPS) is 18.3. The number of nitrogens with one attached hydrogen (secondary N) is 3. The van der Waals surface area contributed by atoms with Gasteiger partial charge in [-0.2, -0.15) is 12.8 Å². The Kier molecular flexibility index (Phi) is 7.47. The van der Waals surface area contributed by atoms with E-state index in [9.17, 15) is 26.5 Å². The fraction of sp³-hybridized carbons (Fsp3) is 0.318. The van der Waals surface area contributed by atoms with Crippen molar-refractivity contribution in [3.8, 4) is 5.75 Å². The summed E-state index contributed by atoms with van der Waals surface area (Å²) >= 11 is 2.49. The molecule has 0 saturated carbocycles. The van der Waals surface area contributed by atoms with Crippen LogP contribution in [0.1, 0.15) is 11.3 Å². The molecule has 1 aliphatic carbocycles. The lowest BCUT2D eigenvalue weighted by atomic mass is 10.0. The van der Waals surface area contributed by atoms with E-state index in [0.717, 1.165) is 17.8 Å². The van der Waals surface area contributed by atoms with Gasteiger partial charge in [0.1, 0.15) is 16.0 Å². The summed E-state index contributed by atoms with van der Waals surface area (Å²) in [7, 11) is -7.90. The number of hydrogen-bond donors (Lipinski definition) is 5. The minimum absolute atomic E-state index is 0.00972. The summed E-state index contributed by atoms with van der Waals surface area (Å²) in [5, 5.41) is 11.5. The maximum atomic E-state index is 12.1. The number of rotatable bonds is 8. The van der Waals surface area contributed by atoms with Gasteiger partial charge in [0.25, 0.3) is 10.1 Å². The fourth-order valence-corrected chi connectivity index (χ4v) is 7.17. The number of nitrogens with zero attached hydrogens (tertiary/aromatic N) is 2. The topological polar surface area (TPSA) is 170 Å². The van der Waals surface area contributed by atoms with Crippen LogP contribution in [0.15, 0.2) is 35.2 Å². The molecule has 38 heavy (non-hydrogen) atoms. The van der Waals surface area contributed by atoms with E-state index in [1.54, 1.807) is 30.3 Å². The monoisotopic (exact) mass is 599 g/mol. The van der Waals surface area contributed by atoms with Gasteiger partial charge in [-0.15, -0.1) is 0 Å². The SMILES string of the molecule is CS(=O)(=O)Nc1cccc2c(O)c(SN3CCOCC3)cc(NNc3snc4c3CC(S(=O)(=O)O)C=C4)c12. The highest BCUT2D eigenvalue weighted by molar-refractivity contribution is 7.97. The van der Waals surface area contributed by atoms with Crippen molar-refractivity contribution < 1.29 is 31.2 Å². The molecule has 2 aliphatic rings. The van der Waals surface area contributed by atoms with Crippen molar-refractivity contribution in [3.63, 3.8) is 0 Å². The van der Waals surface area contributed by atoms with Crippen LogP contribution in [0.4, 0.5) is 16.4 Å². The van der Waals surface area contributed by atoms with E-state index < -0.39 is 25.4 Å². The molecule has 3 aromatic rings. The summed E-state index contributed by atoms with van der Waals surface area (Å²) in [5.41, 5.74) is 8.13. The van der Waals surface area contributed by atoms with Crippen molar-refractivity contribution in [2.75, 3.05) is 48.1 Å². The van der Waals surface area contributed by atoms with Crippen molar-refractivity contribution in [2.24, 2.45) is 0 Å². The summed E-state index contributed by atoms with van der Waals surface area (Å²) in [6, 6.07) is 6.66. The highest BCUT2D eigenvalue weighted by atomic mass is 32.2. The first-order chi connectivity index (χ1) is 18.0. The number of phenols is 1. The second-order valence-corrected chi connectivity index (χ2v) is 14.0. The molecule has 0 spiro atoms. The first-order valence-electron chi connectivity index (χ1n) is 11.4. The quantitative estimate of drug-likeness (QED) is 0.111. The number of sulfonamides is 1. The molecule has 0 amide bonds. The number of hydrazine groups is 1. The Morgan fingerprint density at radius 1 is 1.16 bits per heavy atom. The number of benzene rings is 2. The second kappa shape index (κ2) is 10.5. The van der Waals surface area contributed by atoms with Crippen LogP contribution in [-0.4, -0.2) is 73.0 Å². The minimum atomic E-state index is -4.27. The maximum absolute atomic E-state index is 12.1. The lowest BCUT2D eigenvalue weighted by Gasteiger charge is -2.26. The van der Waals surface area contributed by atoms with Crippen LogP contribution < -0.4 is 15.6 Å². The lowest BCUT2D eigenvalue weighted by molar-refractivity contribution is 0.0773. The zero-order chi connectivity index (χ0) is 27.1. The summed E-state index contributed by atoms with van der Waals surface area (Å²) in [5.74, 6) is 0.00972. The standard InChI is InChI=1S/C22H25N5O7S4/c1-37(29,30)26-17-4-2-3-14-20(17)18(12-19(21(14)28)36-27-7-9-34-10-8-27)23-24-22-15-11-13(38(31,32)33)5-6-16(15)25-35-22/h2-6,12-13,23-24,26,28H,7-11H2,1H3,(H,31,32,33). The number of morpholine rings is 1. The Bertz CT molecular complexity index is 1620. The Labute approximate surface area is 228 Å². The number of phenolic OH excluding ortho intramolecular Hbond substituents is 1. The highest BCUT2D eigenvalue weighted by Crippen LogP contribution is 2.44. The van der Waals surface area contributed by atoms with Gasteiger partial charge in [0.15, 0.2) is 0 Å². The molecular weight excluding hydrogens is 575 g/mol. The molecule has 5 N–H and O–H groups in total. The van der Waals surface area contributed by atoms with Gasteiger partial charge in [0.05, 0.1) is 41.4 Å². The molecule has 1 atom stereocenters. The van der Waals surface area contributed by atoms with E-state index in [1.165, 1.54) is 18.0 Å². The van der Waals surface area contributed by atoms with E-state index in [4.69, 9.17) is 4.74 Å². The molecule has 1 unspecified atom stereocenters. The Morgan fingerprint density at radius 2 is 1.92 bits per heavy atom. The molecule has 0 bridgehead atoms. The van der Waals surface area contributed by atoms with Crippen LogP contribution >= 0.6 is 23.5 Å². The Hall–Kier alpha value is -2.60. The largest absolute Gasteiger partial charge is 0.506 e. The number of aromatic nitrogens is 1. The molecule has 12 nitrogen and oxygen atoms in total. The average Bonchev–Trinajstić information content (AvgIpc) is 3.26. The molecule has 1 saturated heterocycles. The van der Waals surface area contributed by atoms with E-state index >= 15 is 0 Å². The zero-order valence-corrected chi connectivity index (χ0v) is 23.3. The van der Waals surface area contributed by atoms with Gasteiger partial charge >= 0.3 is 0 Å². The predicted molar refractivity (Wildman–Crippen MR) is 150 cm³/mol. The molecule has 1 aliphatic heterocycles. The van der Waals surface area contributed by atoms with Crippen molar-refractivity contribution >= 4 is 76.8 Å². The maximum Gasteiger partial charge on any atom is 0.271 e. The minimum Gasteiger partial charge on any atom is -0.506 e. The zero-order valence-electron chi connectivity index (χ0n) is 20.0. The number of anilines is 3. The van der Waals surface area contributed by atoms with Gasteiger partial charge in [0, 0.05) is 35.8 Å². The van der Waals surface area contributed by atoms with Gasteiger partial charge in [-0.25, -0.2) is 12.7 Å². The number of ether oxygens (including phenoxy) is 1. The lowest BCUT2D eigenvalue weighted by Crippen LogP contribution is -2.30. The summed E-state index contributed by atoms with van der Waals surface area (Å²) in [6.07, 6.45) is 4.05. The third-order valence-corrected chi connectivity index (χ3v) is 9.61. The first kappa shape index (κ1) is 27.0. The molecule has 204 valence electrons. The van der Waals surface area contributed by atoms with Gasteiger partial charge in [-0.1, -0.05) is 18.2 Å². The van der Waals surface area contributed by atoms with E-state index in [1.807, 2.05) is 0 Å². The van der Waals surface area contributed by atoms with E-state index in [-0.39, 0.29) is 17.9 Å². The van der Waals surface area contributed by atoms with Gasteiger partial charge < -0.3 is 9.84 Å². The number of hydrogen-bond acceptors (Lipinski definition) is 12. The predicted octanol–water partition coefficient (Wildman–Crippen LogP) is 2.98. The molecular formula is C22H25N5O7S4.